The van der Waals surface area contributed by atoms with E-state index in [9.17, 15) is 38.6 Å². The summed E-state index contributed by atoms with van der Waals surface area (Å²) in [5.41, 5.74) is 8.43. The van der Waals surface area contributed by atoms with Gasteiger partial charge in [0.2, 0.25) is 18.2 Å². The number of halogens is 1. The number of aliphatic carboxylic acids is 2. The Morgan fingerprint density at radius 1 is 0.684 bits per heavy atom. The Morgan fingerprint density at radius 2 is 1.11 bits per heavy atom. The van der Waals surface area contributed by atoms with E-state index >= 15 is 0 Å². The van der Waals surface area contributed by atoms with E-state index in [2.05, 4.69) is 9.97 Å². The lowest BCUT2D eigenvalue weighted by atomic mass is 9.87. The first-order valence-electron chi connectivity index (χ1n) is 17.9. The van der Waals surface area contributed by atoms with Crippen LogP contribution in [0.4, 0.5) is 15.1 Å². The minimum Gasteiger partial charge on any atom is -0.478 e. The van der Waals surface area contributed by atoms with Crippen LogP contribution in [0.2, 0.25) is 0 Å². The first kappa shape index (κ1) is 43.3. The molecule has 15 nitrogen and oxygen atoms in total. The van der Waals surface area contributed by atoms with Crippen molar-refractivity contribution in [1.29, 1.82) is 0 Å². The molecule has 1 fully saturated rings. The first-order chi connectivity index (χ1) is 26.7. The quantitative estimate of drug-likeness (QED) is 0.141. The fourth-order valence-corrected chi connectivity index (χ4v) is 5.36. The predicted molar refractivity (Wildman–Crippen MR) is 205 cm³/mol. The third kappa shape index (κ3) is 12.0. The van der Waals surface area contributed by atoms with Gasteiger partial charge in [0.25, 0.3) is 0 Å². The van der Waals surface area contributed by atoms with Crippen LogP contribution in [0.5, 0.6) is 0 Å². The van der Waals surface area contributed by atoms with Gasteiger partial charge in [-0.3, -0.25) is 0 Å². The molecule has 1 aliphatic rings. The van der Waals surface area contributed by atoms with Gasteiger partial charge in [-0.2, -0.15) is 0 Å². The Kier molecular flexibility index (Phi) is 14.0. The number of anilines is 1. The van der Waals surface area contributed by atoms with Crippen LogP contribution >= 0.6 is 0 Å². The summed E-state index contributed by atoms with van der Waals surface area (Å²) in [6, 6.07) is 18.2. The molecular weight excluding hydrogens is 741 g/mol. The topological polar surface area (TPSA) is 212 Å². The summed E-state index contributed by atoms with van der Waals surface area (Å²) < 4.78 is 28.3. The van der Waals surface area contributed by atoms with E-state index in [-0.39, 0.29) is 23.0 Å². The number of carbonyl (C=O) groups is 5. The number of nitrogens with two attached hydrogens (primary N) is 1. The number of carboxylic acid groups (broad SMARTS) is 2. The van der Waals surface area contributed by atoms with Crippen molar-refractivity contribution in [3.8, 4) is 0 Å². The number of hydrogen-bond acceptors (Lipinski definition) is 12. The van der Waals surface area contributed by atoms with Gasteiger partial charge in [-0.15, -0.1) is 0 Å². The van der Waals surface area contributed by atoms with Crippen molar-refractivity contribution in [2.24, 2.45) is 5.73 Å². The molecule has 0 saturated carbocycles. The summed E-state index contributed by atoms with van der Waals surface area (Å²) in [6.45, 7) is 13.3. The highest BCUT2D eigenvalue weighted by Gasteiger charge is 2.41. The number of carbonyl (C=O) groups excluding carboxylic acids is 3. The molecule has 0 spiro atoms. The number of piperazine rings is 1. The number of aromatic nitrogens is 2. The molecule has 1 aromatic heterocycles. The van der Waals surface area contributed by atoms with E-state index in [1.807, 2.05) is 32.6 Å². The molecule has 4 aromatic rings. The molecule has 16 heteroatoms. The average molecular weight is 788 g/mol. The largest absolute Gasteiger partial charge is 0.478 e. The van der Waals surface area contributed by atoms with Gasteiger partial charge in [0.15, 0.2) is 0 Å². The molecule has 3 atom stereocenters. The maximum atomic E-state index is 13.2. The van der Waals surface area contributed by atoms with Crippen molar-refractivity contribution in [3.05, 3.63) is 124 Å². The molecule has 0 aliphatic carbocycles. The first-order valence-corrected chi connectivity index (χ1v) is 17.9. The second kappa shape index (κ2) is 18.5. The second-order valence-electron chi connectivity index (χ2n) is 14.5. The normalized spacial score (nSPS) is 14.8. The highest BCUT2D eigenvalue weighted by Crippen LogP contribution is 2.27. The Morgan fingerprint density at radius 3 is 1.49 bits per heavy atom. The Hall–Kier alpha value is -6.42. The Balaban J connectivity index is 0.000000253. The zero-order valence-corrected chi connectivity index (χ0v) is 32.5. The van der Waals surface area contributed by atoms with Crippen LogP contribution in [0, 0.1) is 19.7 Å². The number of rotatable bonds is 10. The zero-order valence-electron chi connectivity index (χ0n) is 32.5. The summed E-state index contributed by atoms with van der Waals surface area (Å²) in [7, 11) is 0. The number of esters is 2. The maximum Gasteiger partial charge on any atom is 0.410 e. The number of benzene rings is 3. The van der Waals surface area contributed by atoms with E-state index in [0.29, 0.717) is 32.1 Å². The van der Waals surface area contributed by atoms with Crippen molar-refractivity contribution in [3.63, 3.8) is 0 Å². The SMILES string of the molecule is CC(C)(C)OC(=O)N1CCN(c2ncc([C@@](C)(N)c3ccc(F)cc3)cn2)CC1.Cc1ccc(C(=O)O[C@H](C(=O)O)[C@H](OC(=O)c2ccc(C)cc2)C(=O)O)cc1. The van der Waals surface area contributed by atoms with E-state index in [4.69, 9.17) is 19.9 Å². The molecule has 1 saturated heterocycles. The number of hydrogen-bond donors (Lipinski definition) is 3. The summed E-state index contributed by atoms with van der Waals surface area (Å²) in [6.07, 6.45) is -1.34. The smallest absolute Gasteiger partial charge is 0.410 e. The van der Waals surface area contributed by atoms with Gasteiger partial charge in [0.05, 0.1) is 16.7 Å². The molecule has 4 N–H and O–H groups in total. The van der Waals surface area contributed by atoms with Crippen LogP contribution < -0.4 is 10.6 Å². The molecule has 5 rings (SSSR count). The molecule has 0 bridgehead atoms. The number of amides is 1. The van der Waals surface area contributed by atoms with Crippen molar-refractivity contribution in [2.75, 3.05) is 31.1 Å². The highest BCUT2D eigenvalue weighted by atomic mass is 19.1. The Labute approximate surface area is 329 Å². The molecule has 57 heavy (non-hydrogen) atoms. The predicted octanol–water partition coefficient (Wildman–Crippen LogP) is 5.12. The van der Waals surface area contributed by atoms with Gasteiger partial charge in [-0.25, -0.2) is 38.3 Å². The number of nitrogens with zero attached hydrogens (tertiary/aromatic N) is 4. The molecule has 3 aromatic carbocycles. The van der Waals surface area contributed by atoms with Crippen LogP contribution in [0.3, 0.4) is 0 Å². The molecule has 302 valence electrons. The lowest BCUT2D eigenvalue weighted by molar-refractivity contribution is -0.166. The van der Waals surface area contributed by atoms with Gasteiger partial charge >= 0.3 is 30.0 Å². The summed E-state index contributed by atoms with van der Waals surface area (Å²) in [4.78, 5) is 72.2. The average Bonchev–Trinajstić information content (AvgIpc) is 3.16. The van der Waals surface area contributed by atoms with Crippen molar-refractivity contribution >= 4 is 35.9 Å². The van der Waals surface area contributed by atoms with Gasteiger partial charge in [-0.05, 0) is 83.5 Å². The van der Waals surface area contributed by atoms with Crippen LogP contribution in [-0.2, 0) is 29.3 Å². The van der Waals surface area contributed by atoms with E-state index in [1.165, 1.54) is 36.4 Å². The van der Waals surface area contributed by atoms with Crippen molar-refractivity contribution in [2.45, 2.75) is 64.9 Å². The molecule has 0 radical (unpaired) electrons. The van der Waals surface area contributed by atoms with E-state index < -0.39 is 47.2 Å². The van der Waals surface area contributed by atoms with Crippen molar-refractivity contribution in [1.82, 2.24) is 14.9 Å². The zero-order chi connectivity index (χ0) is 42.1. The van der Waals surface area contributed by atoms with Crippen LogP contribution in [0.15, 0.2) is 85.2 Å². The summed E-state index contributed by atoms with van der Waals surface area (Å²) in [5, 5.41) is 18.6. The van der Waals surface area contributed by atoms with Crippen molar-refractivity contribution < 1.29 is 52.8 Å². The molecule has 0 unspecified atom stereocenters. The molecule has 1 aliphatic heterocycles. The fourth-order valence-electron chi connectivity index (χ4n) is 5.36. The second-order valence-corrected chi connectivity index (χ2v) is 14.5. The number of carboxylic acids is 2. The van der Waals surface area contributed by atoms with Gasteiger partial charge in [0, 0.05) is 44.1 Å². The molecule has 2 heterocycles. The van der Waals surface area contributed by atoms with E-state index in [1.54, 1.807) is 67.5 Å². The number of ether oxygens (including phenoxy) is 3. The Bertz CT molecular complexity index is 1950. The molecular formula is C41H46FN5O10. The van der Waals surface area contributed by atoms with Gasteiger partial charge in [0.1, 0.15) is 11.4 Å². The lowest BCUT2D eigenvalue weighted by Crippen LogP contribution is -2.50. The minimum absolute atomic E-state index is 0.0332. The summed E-state index contributed by atoms with van der Waals surface area (Å²) in [5.74, 6) is -5.33. The third-order valence-electron chi connectivity index (χ3n) is 8.70. The maximum absolute atomic E-state index is 13.2. The monoisotopic (exact) mass is 787 g/mol. The third-order valence-corrected chi connectivity index (χ3v) is 8.70. The lowest BCUT2D eigenvalue weighted by Gasteiger charge is -2.35. The van der Waals surface area contributed by atoms with Crippen LogP contribution in [-0.4, -0.2) is 99.0 Å². The van der Waals surface area contributed by atoms with Crippen LogP contribution in [0.25, 0.3) is 0 Å². The minimum atomic E-state index is -2.22. The fraction of sp³-hybridized carbons (Fsp3) is 0.341. The summed E-state index contributed by atoms with van der Waals surface area (Å²) >= 11 is 0. The highest BCUT2D eigenvalue weighted by molar-refractivity contribution is 5.95. The van der Waals surface area contributed by atoms with E-state index in [0.717, 1.165) is 22.3 Å². The molecule has 1 amide bonds. The van der Waals surface area contributed by atoms with Gasteiger partial charge < -0.3 is 40.0 Å². The van der Waals surface area contributed by atoms with Gasteiger partial charge in [-0.1, -0.05) is 47.5 Å². The number of aryl methyl sites for hydroxylation is 2. The van der Waals surface area contributed by atoms with Crippen LogP contribution in [0.1, 0.15) is 70.7 Å². The standard InChI is InChI=1S/C21H28FN5O2.C20H18O8/c1-20(2,3)29-19(28)27-11-9-26(10-12-27)18-24-13-16(14-25-18)21(4,23)15-5-7-17(22)8-6-15;1-11-3-7-13(8-4-11)19(25)27-15(17(21)22)16(18(23)24)28-20(26)14-9-5-12(2)6-10-14/h5-8,13-14H,9-12,23H2,1-4H3;3-10,15-16H,1-2H3,(H,21,22)(H,23,24)/t21-;15-,16-/m00/s1.